The van der Waals surface area contributed by atoms with Crippen LogP contribution < -0.4 is 0 Å². The molecule has 2 aromatic rings. The molecule has 17 heavy (non-hydrogen) atoms. The molecule has 0 fully saturated rings. The molecule has 90 valence electrons. The average molecular weight is 288 g/mol. The van der Waals surface area contributed by atoms with Gasteiger partial charge in [0, 0.05) is 10.8 Å². The third kappa shape index (κ3) is 2.36. The molecule has 0 saturated carbocycles. The van der Waals surface area contributed by atoms with Crippen LogP contribution in [0.3, 0.4) is 0 Å². The minimum Gasteiger partial charge on any atom is -0.481 e. The van der Waals surface area contributed by atoms with Crippen molar-refractivity contribution in [2.24, 2.45) is 0 Å². The summed E-state index contributed by atoms with van der Waals surface area (Å²) in [6.07, 6.45) is 0. The van der Waals surface area contributed by atoms with E-state index in [-0.39, 0.29) is 0 Å². The second kappa shape index (κ2) is 4.40. The molecule has 0 atom stereocenters. The van der Waals surface area contributed by atoms with Crippen molar-refractivity contribution in [1.82, 2.24) is 4.98 Å². The summed E-state index contributed by atoms with van der Waals surface area (Å²) in [6, 6.07) is 1.84. The number of hydrogen-bond acceptors (Lipinski definition) is 4. The van der Waals surface area contributed by atoms with Crippen molar-refractivity contribution in [3.8, 4) is 9.88 Å². The van der Waals surface area contributed by atoms with Crippen LogP contribution in [0, 0.1) is 0 Å². The number of halogens is 1. The van der Waals surface area contributed by atoms with Crippen molar-refractivity contribution in [3.05, 3.63) is 27.5 Å². The van der Waals surface area contributed by atoms with Gasteiger partial charge in [0.25, 0.3) is 0 Å². The van der Waals surface area contributed by atoms with Crippen LogP contribution >= 0.6 is 34.3 Å². The van der Waals surface area contributed by atoms with Gasteiger partial charge in [-0.25, -0.2) is 4.98 Å². The van der Waals surface area contributed by atoms with Crippen LogP contribution in [-0.4, -0.2) is 16.1 Å². The van der Waals surface area contributed by atoms with E-state index in [1.165, 1.54) is 22.7 Å². The minimum absolute atomic E-state index is 0.578. The first-order valence-electron chi connectivity index (χ1n) is 4.85. The van der Waals surface area contributed by atoms with E-state index in [1.807, 2.05) is 11.4 Å². The fraction of sp³-hybridized carbons (Fsp3) is 0.273. The van der Waals surface area contributed by atoms with Crippen molar-refractivity contribution in [1.29, 1.82) is 0 Å². The van der Waals surface area contributed by atoms with Crippen molar-refractivity contribution in [2.75, 3.05) is 0 Å². The summed E-state index contributed by atoms with van der Waals surface area (Å²) in [5.41, 5.74) is -0.384. The van der Waals surface area contributed by atoms with Gasteiger partial charge in [0.15, 0.2) is 0 Å². The van der Waals surface area contributed by atoms with E-state index in [1.54, 1.807) is 19.2 Å². The first-order chi connectivity index (χ1) is 7.91. The lowest BCUT2D eigenvalue weighted by molar-refractivity contribution is -0.142. The van der Waals surface area contributed by atoms with E-state index in [0.717, 1.165) is 9.88 Å². The van der Waals surface area contributed by atoms with Gasteiger partial charge in [-0.1, -0.05) is 11.6 Å². The summed E-state index contributed by atoms with van der Waals surface area (Å²) in [4.78, 5) is 16.5. The van der Waals surface area contributed by atoms with Gasteiger partial charge in [0.1, 0.15) is 10.4 Å². The van der Waals surface area contributed by atoms with Crippen molar-refractivity contribution in [3.63, 3.8) is 0 Å². The normalized spacial score (nSPS) is 11.7. The number of aliphatic carboxylic acids is 1. The van der Waals surface area contributed by atoms with Crippen molar-refractivity contribution in [2.45, 2.75) is 19.3 Å². The predicted octanol–water partition coefficient (Wildman–Crippen LogP) is 3.89. The number of rotatable bonds is 3. The Kier molecular flexibility index (Phi) is 3.25. The Balaban J connectivity index is 2.37. The van der Waals surface area contributed by atoms with E-state index in [2.05, 4.69) is 4.98 Å². The van der Waals surface area contributed by atoms with Gasteiger partial charge in [0.2, 0.25) is 0 Å². The molecule has 0 radical (unpaired) electrons. The highest BCUT2D eigenvalue weighted by atomic mass is 35.5. The Labute approximate surface area is 112 Å². The maximum Gasteiger partial charge on any atom is 0.315 e. The molecule has 0 aliphatic carbocycles. The molecule has 2 rings (SSSR count). The molecule has 0 aromatic carbocycles. The molecule has 0 amide bonds. The number of aromatic nitrogens is 1. The lowest BCUT2D eigenvalue weighted by Crippen LogP contribution is -2.28. The van der Waals surface area contributed by atoms with Gasteiger partial charge in [-0.05, 0) is 19.9 Å². The molecule has 1 N–H and O–H groups in total. The number of carboxylic acid groups (broad SMARTS) is 1. The molecule has 0 saturated heterocycles. The summed E-state index contributed by atoms with van der Waals surface area (Å²) in [7, 11) is 0. The number of carbonyl (C=O) groups is 1. The Morgan fingerprint density at radius 1 is 1.41 bits per heavy atom. The molecular weight excluding hydrogens is 278 g/mol. The van der Waals surface area contributed by atoms with Crippen molar-refractivity contribution >= 4 is 40.2 Å². The Morgan fingerprint density at radius 2 is 2.12 bits per heavy atom. The van der Waals surface area contributed by atoms with Gasteiger partial charge < -0.3 is 5.11 Å². The highest BCUT2D eigenvalue weighted by Crippen LogP contribution is 2.34. The topological polar surface area (TPSA) is 50.2 Å². The Morgan fingerprint density at radius 3 is 2.65 bits per heavy atom. The third-order valence-electron chi connectivity index (χ3n) is 2.46. The smallest absolute Gasteiger partial charge is 0.315 e. The molecule has 0 unspecified atom stereocenters. The van der Waals surface area contributed by atoms with Crippen LogP contribution in [-0.2, 0) is 10.2 Å². The predicted molar refractivity (Wildman–Crippen MR) is 71.1 cm³/mol. The highest BCUT2D eigenvalue weighted by Gasteiger charge is 2.32. The van der Waals surface area contributed by atoms with Crippen LogP contribution in [0.15, 0.2) is 16.8 Å². The van der Waals surface area contributed by atoms with E-state index in [0.29, 0.717) is 10.7 Å². The lowest BCUT2D eigenvalue weighted by atomic mass is 9.90. The molecule has 0 aliphatic heterocycles. The lowest BCUT2D eigenvalue weighted by Gasteiger charge is -2.15. The summed E-state index contributed by atoms with van der Waals surface area (Å²) >= 11 is 8.79. The van der Waals surface area contributed by atoms with E-state index in [4.69, 9.17) is 16.7 Å². The largest absolute Gasteiger partial charge is 0.481 e. The Hall–Kier alpha value is -0.910. The fourth-order valence-electron chi connectivity index (χ4n) is 1.21. The highest BCUT2D eigenvalue weighted by molar-refractivity contribution is 7.20. The van der Waals surface area contributed by atoms with Gasteiger partial charge in [-0.15, -0.1) is 22.7 Å². The molecule has 2 aromatic heterocycles. The monoisotopic (exact) mass is 287 g/mol. The summed E-state index contributed by atoms with van der Waals surface area (Å²) in [5.74, 6) is -0.876. The maximum atomic E-state index is 11.1. The molecule has 0 aliphatic rings. The molecule has 3 nitrogen and oxygen atoms in total. The number of thiazole rings is 1. The van der Waals surface area contributed by atoms with Crippen molar-refractivity contribution < 1.29 is 9.90 Å². The zero-order chi connectivity index (χ0) is 12.6. The third-order valence-corrected chi connectivity index (χ3v) is 4.75. The SMILES string of the molecule is CC(C)(C(=O)O)c1csc(-c2cc(Cl)cs2)n1. The number of thiophene rings is 1. The summed E-state index contributed by atoms with van der Waals surface area (Å²) in [5, 5.41) is 14.2. The quantitative estimate of drug-likeness (QED) is 0.932. The van der Waals surface area contributed by atoms with Crippen LogP contribution in [0.25, 0.3) is 9.88 Å². The minimum atomic E-state index is -0.962. The number of nitrogens with zero attached hydrogens (tertiary/aromatic N) is 1. The van der Waals surface area contributed by atoms with Gasteiger partial charge in [0.05, 0.1) is 15.6 Å². The maximum absolute atomic E-state index is 11.1. The van der Waals surface area contributed by atoms with E-state index < -0.39 is 11.4 Å². The molecule has 2 heterocycles. The van der Waals surface area contributed by atoms with Gasteiger partial charge in [-0.2, -0.15) is 0 Å². The summed E-state index contributed by atoms with van der Waals surface area (Å²) < 4.78 is 0. The fourth-order valence-corrected chi connectivity index (χ4v) is 3.35. The second-order valence-corrected chi connectivity index (χ2v) is 6.30. The standard InChI is InChI=1S/C11H10ClNO2S2/c1-11(2,10(14)15)8-5-17-9(13-8)7-3-6(12)4-16-7/h3-5H,1-2H3,(H,14,15). The number of carboxylic acids is 1. The first-order valence-corrected chi connectivity index (χ1v) is 6.99. The van der Waals surface area contributed by atoms with Gasteiger partial charge in [-0.3, -0.25) is 4.79 Å². The van der Waals surface area contributed by atoms with Crippen LogP contribution in [0.1, 0.15) is 19.5 Å². The molecular formula is C11H10ClNO2S2. The van der Waals surface area contributed by atoms with Crippen LogP contribution in [0.2, 0.25) is 5.02 Å². The summed E-state index contributed by atoms with van der Waals surface area (Å²) in [6.45, 7) is 3.30. The van der Waals surface area contributed by atoms with Gasteiger partial charge >= 0.3 is 5.97 Å². The average Bonchev–Trinajstić information content (AvgIpc) is 2.85. The zero-order valence-electron chi connectivity index (χ0n) is 9.23. The molecule has 0 bridgehead atoms. The first kappa shape index (κ1) is 12.5. The molecule has 0 spiro atoms. The zero-order valence-corrected chi connectivity index (χ0v) is 11.6. The second-order valence-electron chi connectivity index (χ2n) is 4.10. The van der Waals surface area contributed by atoms with E-state index in [9.17, 15) is 4.79 Å². The van der Waals surface area contributed by atoms with Crippen LogP contribution in [0.5, 0.6) is 0 Å². The Bertz CT molecular complexity index is 559. The van der Waals surface area contributed by atoms with Crippen LogP contribution in [0.4, 0.5) is 0 Å². The number of hydrogen-bond donors (Lipinski definition) is 1. The molecule has 6 heteroatoms. The van der Waals surface area contributed by atoms with E-state index >= 15 is 0 Å².